The second-order valence-corrected chi connectivity index (χ2v) is 16.8. The number of nitrogens with one attached hydrogen (secondary N) is 3. The van der Waals surface area contributed by atoms with Gasteiger partial charge in [-0.15, -0.1) is 11.3 Å². The summed E-state index contributed by atoms with van der Waals surface area (Å²) in [6.07, 6.45) is -1.43. The molecule has 2 aromatic carbocycles. The third-order valence-corrected chi connectivity index (χ3v) is 13.2. The van der Waals surface area contributed by atoms with Gasteiger partial charge in [-0.05, 0) is 91.0 Å². The van der Waals surface area contributed by atoms with Crippen molar-refractivity contribution in [3.05, 3.63) is 75.8 Å². The van der Waals surface area contributed by atoms with Crippen molar-refractivity contribution in [2.75, 3.05) is 36.5 Å². The normalized spacial score (nSPS) is 22.8. The second kappa shape index (κ2) is 13.5. The Balaban J connectivity index is 0.902. The number of aromatic nitrogens is 3. The van der Waals surface area contributed by atoms with E-state index >= 15 is 0 Å². The average Bonchev–Trinajstić information content (AvgIpc) is 3.69. The number of fused-ring (bicyclic) bond motifs is 2. The fraction of sp³-hybridized carbons (Fsp3) is 0.450. The van der Waals surface area contributed by atoms with E-state index in [9.17, 15) is 23.2 Å². The van der Waals surface area contributed by atoms with Crippen LogP contribution in [0.5, 0.6) is 0 Å². The van der Waals surface area contributed by atoms with Gasteiger partial charge in [0.1, 0.15) is 22.4 Å². The lowest BCUT2D eigenvalue weighted by Crippen LogP contribution is -2.81. The van der Waals surface area contributed by atoms with E-state index in [-0.39, 0.29) is 27.8 Å². The Labute approximate surface area is 315 Å². The Morgan fingerprint density at radius 2 is 1.89 bits per heavy atom. The maximum atomic E-state index is 13.1. The van der Waals surface area contributed by atoms with Crippen LogP contribution >= 0.6 is 11.3 Å². The number of benzene rings is 2. The molecule has 4 aliphatic rings. The number of anilines is 3. The standard InChI is InChI=1S/C40H44F3N9OS/c1-23-26(19-51-11-9-28(10-12-51)47-35-32-16-30(17-40(41,42)43)54-36(32)49-37(46-3)48-35)7-8-33-31(23)15-29(18-44)52(33)22-38-20-39(21-38,24(38)2)50-34(53)14-25-5-4-6-27(45)13-25/h4-8,13,15-16,24,28H,9-12,14,17,19-22,45H2,1-3H3,(H,50,53)(H2,46,47,48,49)/t24-,38?,39?/m0/s1. The van der Waals surface area contributed by atoms with Crippen LogP contribution in [0.25, 0.3) is 21.1 Å². The average molecular weight is 756 g/mol. The lowest BCUT2D eigenvalue weighted by Gasteiger charge is -2.76. The number of carbonyl (C=O) groups excluding carboxylic acids is 1. The Hall–Kier alpha value is -4.87. The highest BCUT2D eigenvalue weighted by Gasteiger charge is 2.74. The number of nitrogen functional groups attached to an aromatic ring is 1. The predicted molar refractivity (Wildman–Crippen MR) is 206 cm³/mol. The van der Waals surface area contributed by atoms with E-state index < -0.39 is 12.6 Å². The maximum Gasteiger partial charge on any atom is 0.393 e. The zero-order chi connectivity index (χ0) is 38.0. The molecule has 0 unspecified atom stereocenters. The maximum absolute atomic E-state index is 13.1. The number of halogens is 3. The SMILES string of the molecule is CNc1nc(NC2CCN(Cc3ccc4c(cc(C#N)n4CC45CC(NC(=O)Cc6cccc(N)c6)(C4)[C@H]5C)c3C)CC2)c2cc(CC(F)(F)F)sc2n1. The van der Waals surface area contributed by atoms with Crippen LogP contribution in [0.3, 0.4) is 0 Å². The molecule has 2 bridgehead atoms. The Kier molecular flexibility index (Phi) is 9.00. The molecule has 3 saturated carbocycles. The number of rotatable bonds is 11. The number of nitrogens with two attached hydrogens (primary N) is 1. The first-order chi connectivity index (χ1) is 25.8. The molecule has 4 heterocycles. The zero-order valence-electron chi connectivity index (χ0n) is 30.6. The van der Waals surface area contributed by atoms with Gasteiger partial charge in [0.25, 0.3) is 0 Å². The molecule has 3 aliphatic carbocycles. The van der Waals surface area contributed by atoms with Crippen molar-refractivity contribution in [2.24, 2.45) is 11.3 Å². The minimum Gasteiger partial charge on any atom is -0.399 e. The van der Waals surface area contributed by atoms with Gasteiger partial charge >= 0.3 is 6.18 Å². The quantitative estimate of drug-likeness (QED) is 0.104. The van der Waals surface area contributed by atoms with Crippen LogP contribution in [0.4, 0.5) is 30.6 Å². The minimum atomic E-state index is -4.29. The van der Waals surface area contributed by atoms with Crippen molar-refractivity contribution in [2.45, 2.75) is 83.2 Å². The summed E-state index contributed by atoms with van der Waals surface area (Å²) in [6, 6.07) is 18.0. The van der Waals surface area contributed by atoms with E-state index in [4.69, 9.17) is 5.73 Å². The Morgan fingerprint density at radius 3 is 2.57 bits per heavy atom. The van der Waals surface area contributed by atoms with Gasteiger partial charge in [0, 0.05) is 66.3 Å². The van der Waals surface area contributed by atoms with E-state index in [1.54, 1.807) is 13.1 Å². The number of hydrogen-bond acceptors (Lipinski definition) is 9. The highest BCUT2D eigenvalue weighted by molar-refractivity contribution is 7.18. The molecular formula is C40H44F3N9OS. The van der Waals surface area contributed by atoms with Crippen molar-refractivity contribution in [3.8, 4) is 6.07 Å². The van der Waals surface area contributed by atoms with Crippen molar-refractivity contribution in [1.82, 2.24) is 24.8 Å². The van der Waals surface area contributed by atoms with Crippen molar-refractivity contribution in [1.29, 1.82) is 5.26 Å². The molecule has 54 heavy (non-hydrogen) atoms. The molecule has 4 fully saturated rings. The summed E-state index contributed by atoms with van der Waals surface area (Å²) in [5.41, 5.74) is 11.5. The van der Waals surface area contributed by atoms with E-state index in [0.717, 1.165) is 79.7 Å². The monoisotopic (exact) mass is 755 g/mol. The molecule has 1 atom stereocenters. The van der Waals surface area contributed by atoms with Crippen LogP contribution in [0.15, 0.2) is 48.5 Å². The molecular weight excluding hydrogens is 712 g/mol. The number of carbonyl (C=O) groups is 1. The number of thiophene rings is 1. The third-order valence-electron chi connectivity index (χ3n) is 12.2. The third kappa shape index (κ3) is 6.62. The number of alkyl halides is 3. The molecule has 14 heteroatoms. The van der Waals surface area contributed by atoms with Crippen LogP contribution in [-0.2, 0) is 30.7 Å². The highest BCUT2D eigenvalue weighted by Crippen LogP contribution is 2.72. The van der Waals surface area contributed by atoms with Gasteiger partial charge in [0.05, 0.1) is 18.2 Å². The fourth-order valence-electron chi connectivity index (χ4n) is 9.21. The molecule has 0 radical (unpaired) electrons. The molecule has 5 aromatic rings. The molecule has 3 aromatic heterocycles. The Morgan fingerprint density at radius 1 is 1.11 bits per heavy atom. The van der Waals surface area contributed by atoms with E-state index in [1.165, 1.54) is 11.1 Å². The number of nitriles is 1. The van der Waals surface area contributed by atoms with Crippen molar-refractivity contribution >= 4 is 55.8 Å². The van der Waals surface area contributed by atoms with Crippen LogP contribution in [0.1, 0.15) is 59.9 Å². The zero-order valence-corrected chi connectivity index (χ0v) is 31.4. The summed E-state index contributed by atoms with van der Waals surface area (Å²) >= 11 is 1.05. The van der Waals surface area contributed by atoms with Gasteiger partial charge in [-0.3, -0.25) is 9.69 Å². The van der Waals surface area contributed by atoms with Gasteiger partial charge in [0.2, 0.25) is 11.9 Å². The number of nitrogens with zero attached hydrogens (tertiary/aromatic N) is 5. The molecule has 10 nitrogen and oxygen atoms in total. The number of amides is 1. The molecule has 0 spiro atoms. The largest absolute Gasteiger partial charge is 0.399 e. The second-order valence-electron chi connectivity index (χ2n) is 15.6. The van der Waals surface area contributed by atoms with Gasteiger partial charge in [-0.2, -0.15) is 23.4 Å². The first-order valence-corrected chi connectivity index (χ1v) is 19.3. The van der Waals surface area contributed by atoms with E-state index in [2.05, 4.69) is 67.4 Å². The van der Waals surface area contributed by atoms with Crippen LogP contribution in [-0.4, -0.2) is 63.2 Å². The van der Waals surface area contributed by atoms with Gasteiger partial charge in [-0.1, -0.05) is 25.1 Å². The van der Waals surface area contributed by atoms with Crippen molar-refractivity contribution in [3.63, 3.8) is 0 Å². The summed E-state index contributed by atoms with van der Waals surface area (Å²) in [5, 5.41) is 21.7. The number of likely N-dealkylation sites (tertiary alicyclic amines) is 1. The van der Waals surface area contributed by atoms with Crippen LogP contribution in [0.2, 0.25) is 0 Å². The van der Waals surface area contributed by atoms with Gasteiger partial charge in [-0.25, -0.2) is 4.98 Å². The molecule has 1 saturated heterocycles. The summed E-state index contributed by atoms with van der Waals surface area (Å²) in [4.78, 5) is 25.1. The Bertz CT molecular complexity index is 2290. The molecule has 1 aliphatic heterocycles. The lowest BCUT2D eigenvalue weighted by molar-refractivity contribution is -0.228. The summed E-state index contributed by atoms with van der Waals surface area (Å²) in [7, 11) is 1.70. The van der Waals surface area contributed by atoms with Crippen LogP contribution in [0, 0.1) is 29.6 Å². The number of aryl methyl sites for hydroxylation is 1. The molecule has 282 valence electrons. The van der Waals surface area contributed by atoms with E-state index in [1.807, 2.05) is 30.3 Å². The first-order valence-electron chi connectivity index (χ1n) is 18.5. The minimum absolute atomic E-state index is 0.0172. The topological polar surface area (TPSA) is 137 Å². The van der Waals surface area contributed by atoms with Crippen molar-refractivity contribution < 1.29 is 18.0 Å². The number of piperidine rings is 1. The molecule has 9 rings (SSSR count). The lowest BCUT2D eigenvalue weighted by atomic mass is 9.33. The summed E-state index contributed by atoms with van der Waals surface area (Å²) in [5.74, 6) is 1.26. The summed E-state index contributed by atoms with van der Waals surface area (Å²) in [6.45, 7) is 7.60. The van der Waals surface area contributed by atoms with Gasteiger partial charge in [0.15, 0.2) is 0 Å². The molecule has 5 N–H and O–H groups in total. The fourth-order valence-corrected chi connectivity index (χ4v) is 10.3. The van der Waals surface area contributed by atoms with Crippen LogP contribution < -0.4 is 21.7 Å². The smallest absolute Gasteiger partial charge is 0.393 e. The molecule has 1 amide bonds. The van der Waals surface area contributed by atoms with E-state index in [0.29, 0.717) is 45.7 Å². The number of hydrogen-bond donors (Lipinski definition) is 4. The summed E-state index contributed by atoms with van der Waals surface area (Å²) < 4.78 is 41.5. The van der Waals surface area contributed by atoms with Gasteiger partial charge < -0.3 is 26.3 Å². The highest BCUT2D eigenvalue weighted by atomic mass is 32.1. The predicted octanol–water partition coefficient (Wildman–Crippen LogP) is 7.16. The first kappa shape index (κ1) is 36.1.